The van der Waals surface area contributed by atoms with Gasteiger partial charge in [0.05, 0.1) is 5.69 Å². The molecule has 1 fully saturated rings. The summed E-state index contributed by atoms with van der Waals surface area (Å²) < 4.78 is 37.0. The van der Waals surface area contributed by atoms with Gasteiger partial charge in [-0.1, -0.05) is 24.1 Å². The minimum Gasteiger partial charge on any atom is -0.476 e. The third-order valence-electron chi connectivity index (χ3n) is 6.17. The molecule has 0 atom stereocenters. The van der Waals surface area contributed by atoms with Gasteiger partial charge in [0.25, 0.3) is 0 Å². The molecule has 1 saturated carbocycles. The Morgan fingerprint density at radius 3 is 2.29 bits per heavy atom. The number of aromatic nitrogens is 2. The van der Waals surface area contributed by atoms with Gasteiger partial charge in [0, 0.05) is 22.7 Å². The van der Waals surface area contributed by atoms with Crippen LogP contribution in [-0.4, -0.2) is 40.7 Å². The van der Waals surface area contributed by atoms with E-state index in [1.807, 2.05) is 19.1 Å². The quantitative estimate of drug-likeness (QED) is 0.373. The third-order valence-corrected chi connectivity index (χ3v) is 7.95. The van der Waals surface area contributed by atoms with Crippen LogP contribution in [-0.2, 0) is 14.8 Å². The van der Waals surface area contributed by atoms with Gasteiger partial charge in [-0.2, -0.15) is 9.78 Å². The molecule has 1 aliphatic carbocycles. The van der Waals surface area contributed by atoms with Gasteiger partial charge < -0.3 is 15.2 Å². The molecular weight excluding hydrogens is 508 g/mol. The number of carboxylic acids is 1. The van der Waals surface area contributed by atoms with Gasteiger partial charge in [-0.25, -0.2) is 17.9 Å². The van der Waals surface area contributed by atoms with Crippen molar-refractivity contribution in [3.8, 4) is 17.3 Å². The van der Waals surface area contributed by atoms with E-state index in [0.29, 0.717) is 11.4 Å². The molecule has 1 heterocycles. The first kappa shape index (κ1) is 27.3. The van der Waals surface area contributed by atoms with Gasteiger partial charge in [0.2, 0.25) is 21.8 Å². The Hall–Kier alpha value is -3.70. The molecule has 10 nitrogen and oxygen atoms in total. The molecule has 2 aromatic carbocycles. The van der Waals surface area contributed by atoms with Crippen LogP contribution in [0.3, 0.4) is 0 Å². The Morgan fingerprint density at radius 1 is 1.08 bits per heavy atom. The Labute approximate surface area is 222 Å². The minimum absolute atomic E-state index is 0.0447. The summed E-state index contributed by atoms with van der Waals surface area (Å²) in [5.41, 5.74) is 1.08. The second-order valence-corrected chi connectivity index (χ2v) is 12.2. The molecule has 4 rings (SSSR count). The van der Waals surface area contributed by atoms with E-state index in [0.717, 1.165) is 24.8 Å². The number of aryl methyl sites for hydroxylation is 1. The van der Waals surface area contributed by atoms with Crippen LogP contribution in [0, 0.1) is 19.8 Å². The van der Waals surface area contributed by atoms with Crippen molar-refractivity contribution < 1.29 is 27.9 Å². The number of sulfonamides is 1. The first-order valence-electron chi connectivity index (χ1n) is 12.3. The lowest BCUT2D eigenvalue weighted by molar-refractivity contribution is -0.122. The molecule has 1 aliphatic rings. The van der Waals surface area contributed by atoms with E-state index in [1.165, 1.54) is 16.8 Å². The summed E-state index contributed by atoms with van der Waals surface area (Å²) in [6.07, 6.45) is 2.60. The summed E-state index contributed by atoms with van der Waals surface area (Å²) in [4.78, 5) is 24.2. The maximum absolute atomic E-state index is 13.5. The molecular formula is C27H32N4O6S. The van der Waals surface area contributed by atoms with Crippen molar-refractivity contribution in [2.75, 3.05) is 5.32 Å². The SMILES string of the molecule is Cc1ccc(-n2nc(C(=O)O)c(C)c2Oc2ccc(NC(=O)C3CCC3)cc2S(=O)(=O)NC(C)(C)C)cc1. The molecule has 0 unspecified atom stereocenters. The Kier molecular flexibility index (Phi) is 7.35. The number of nitrogens with zero attached hydrogens (tertiary/aromatic N) is 2. The zero-order valence-corrected chi connectivity index (χ0v) is 22.8. The van der Waals surface area contributed by atoms with E-state index in [4.69, 9.17) is 4.74 Å². The highest BCUT2D eigenvalue weighted by Crippen LogP contribution is 2.36. The van der Waals surface area contributed by atoms with Crippen LogP contribution < -0.4 is 14.8 Å². The number of carbonyl (C=O) groups excluding carboxylic acids is 1. The minimum atomic E-state index is -4.12. The van der Waals surface area contributed by atoms with E-state index in [-0.39, 0.29) is 39.6 Å². The molecule has 202 valence electrons. The first-order valence-corrected chi connectivity index (χ1v) is 13.8. The standard InChI is InChI=1S/C27H32N4O6S/c1-16-9-12-20(13-10-16)31-25(17(2)23(29-31)26(33)34)37-21-14-11-19(28-24(32)18-7-6-8-18)15-22(21)38(35,36)30-27(3,4)5/h9-15,18,30H,6-8H2,1-5H3,(H,28,32)(H,33,34). The van der Waals surface area contributed by atoms with Crippen LogP contribution in [0.25, 0.3) is 5.69 Å². The van der Waals surface area contributed by atoms with Crippen molar-refractivity contribution in [2.45, 2.75) is 64.3 Å². The van der Waals surface area contributed by atoms with Gasteiger partial charge in [0.15, 0.2) is 5.69 Å². The van der Waals surface area contributed by atoms with Crippen LogP contribution in [0.15, 0.2) is 47.4 Å². The fourth-order valence-electron chi connectivity index (χ4n) is 4.02. The molecule has 0 radical (unpaired) electrons. The average molecular weight is 541 g/mol. The summed E-state index contributed by atoms with van der Waals surface area (Å²) in [5, 5.41) is 16.7. The molecule has 11 heteroatoms. The van der Waals surface area contributed by atoms with Crippen molar-refractivity contribution in [3.63, 3.8) is 0 Å². The van der Waals surface area contributed by atoms with Crippen LogP contribution in [0.5, 0.6) is 11.6 Å². The van der Waals surface area contributed by atoms with E-state index in [9.17, 15) is 23.1 Å². The fourth-order valence-corrected chi connectivity index (χ4v) is 5.59. The van der Waals surface area contributed by atoms with E-state index in [1.54, 1.807) is 45.9 Å². The molecule has 0 spiro atoms. The summed E-state index contributed by atoms with van der Waals surface area (Å²) in [7, 11) is -4.12. The summed E-state index contributed by atoms with van der Waals surface area (Å²) in [6, 6.07) is 11.6. The number of aromatic carboxylic acids is 1. The molecule has 3 aromatic rings. The van der Waals surface area contributed by atoms with Gasteiger partial charge in [-0.05, 0) is 77.8 Å². The number of ether oxygens (including phenoxy) is 1. The van der Waals surface area contributed by atoms with E-state index < -0.39 is 21.5 Å². The fraction of sp³-hybridized carbons (Fsp3) is 0.370. The highest BCUT2D eigenvalue weighted by atomic mass is 32.2. The highest BCUT2D eigenvalue weighted by molar-refractivity contribution is 7.89. The van der Waals surface area contributed by atoms with Crippen molar-refractivity contribution in [2.24, 2.45) is 5.92 Å². The Bertz CT molecular complexity index is 1480. The van der Waals surface area contributed by atoms with E-state index >= 15 is 0 Å². The molecule has 0 bridgehead atoms. The first-order chi connectivity index (χ1) is 17.7. The second kappa shape index (κ2) is 10.2. The zero-order valence-electron chi connectivity index (χ0n) is 22.0. The largest absolute Gasteiger partial charge is 0.476 e. The Balaban J connectivity index is 1.81. The summed E-state index contributed by atoms with van der Waals surface area (Å²) in [5.74, 6) is -1.47. The number of hydrogen-bond acceptors (Lipinski definition) is 6. The molecule has 1 amide bonds. The second-order valence-electron chi connectivity index (χ2n) is 10.6. The predicted molar refractivity (Wildman–Crippen MR) is 143 cm³/mol. The number of hydrogen-bond donors (Lipinski definition) is 3. The number of benzene rings is 2. The maximum Gasteiger partial charge on any atom is 0.356 e. The lowest BCUT2D eigenvalue weighted by atomic mass is 9.85. The van der Waals surface area contributed by atoms with Gasteiger partial charge in [-0.15, -0.1) is 0 Å². The molecule has 0 aliphatic heterocycles. The van der Waals surface area contributed by atoms with Crippen molar-refractivity contribution >= 4 is 27.6 Å². The molecule has 38 heavy (non-hydrogen) atoms. The van der Waals surface area contributed by atoms with Crippen molar-refractivity contribution in [1.82, 2.24) is 14.5 Å². The Morgan fingerprint density at radius 2 is 1.74 bits per heavy atom. The van der Waals surface area contributed by atoms with Gasteiger partial charge >= 0.3 is 5.97 Å². The van der Waals surface area contributed by atoms with Crippen LogP contribution in [0.4, 0.5) is 5.69 Å². The molecule has 1 aromatic heterocycles. The number of amides is 1. The summed E-state index contributed by atoms with van der Waals surface area (Å²) >= 11 is 0. The summed E-state index contributed by atoms with van der Waals surface area (Å²) in [6.45, 7) is 8.60. The lowest BCUT2D eigenvalue weighted by Gasteiger charge is -2.25. The lowest BCUT2D eigenvalue weighted by Crippen LogP contribution is -2.40. The van der Waals surface area contributed by atoms with Crippen LogP contribution in [0.2, 0.25) is 0 Å². The van der Waals surface area contributed by atoms with Crippen LogP contribution in [0.1, 0.15) is 61.6 Å². The normalized spacial score (nSPS) is 14.1. The molecule has 0 saturated heterocycles. The third kappa shape index (κ3) is 5.89. The topological polar surface area (TPSA) is 140 Å². The monoisotopic (exact) mass is 540 g/mol. The van der Waals surface area contributed by atoms with Gasteiger partial charge in [0.1, 0.15) is 10.6 Å². The van der Waals surface area contributed by atoms with Crippen LogP contribution >= 0.6 is 0 Å². The number of carbonyl (C=O) groups is 2. The average Bonchev–Trinajstić information content (AvgIpc) is 3.08. The highest BCUT2D eigenvalue weighted by Gasteiger charge is 2.30. The van der Waals surface area contributed by atoms with E-state index in [2.05, 4.69) is 15.1 Å². The number of carboxylic acid groups (broad SMARTS) is 1. The zero-order chi connectivity index (χ0) is 27.8. The number of nitrogens with one attached hydrogen (secondary N) is 2. The predicted octanol–water partition coefficient (Wildman–Crippen LogP) is 4.80. The van der Waals surface area contributed by atoms with Gasteiger partial charge in [-0.3, -0.25) is 4.79 Å². The number of rotatable bonds is 8. The molecule has 3 N–H and O–H groups in total. The number of anilines is 1. The van der Waals surface area contributed by atoms with Crippen molar-refractivity contribution in [1.29, 1.82) is 0 Å². The van der Waals surface area contributed by atoms with Crippen molar-refractivity contribution in [3.05, 3.63) is 59.3 Å². The maximum atomic E-state index is 13.5. The smallest absolute Gasteiger partial charge is 0.356 e.